The molecular weight excluding hydrogens is 471 g/mol. The average Bonchev–Trinajstić information content (AvgIpc) is 3.51. The number of nitrogens with two attached hydrogens (primary N) is 1. The zero-order chi connectivity index (χ0) is 24.5. The van der Waals surface area contributed by atoms with Crippen molar-refractivity contribution in [1.29, 1.82) is 0 Å². The van der Waals surface area contributed by atoms with Gasteiger partial charge in [0.15, 0.2) is 16.8 Å². The third-order valence-electron chi connectivity index (χ3n) is 5.96. The fraction of sp³-hybridized carbons (Fsp3) is 0.455. The molecular formula is C22H24F3N5O3S. The Hall–Kier alpha value is -2.86. The lowest BCUT2D eigenvalue weighted by Gasteiger charge is -2.34. The zero-order valence-electron chi connectivity index (χ0n) is 18.6. The summed E-state index contributed by atoms with van der Waals surface area (Å²) in [7, 11) is 1.58. The van der Waals surface area contributed by atoms with Gasteiger partial charge >= 0.3 is 0 Å². The van der Waals surface area contributed by atoms with Crippen molar-refractivity contribution in [2.45, 2.75) is 30.1 Å². The summed E-state index contributed by atoms with van der Waals surface area (Å²) in [5.74, 6) is -2.82. The first-order valence-corrected chi connectivity index (χ1v) is 11.4. The molecule has 1 aromatic carbocycles. The van der Waals surface area contributed by atoms with E-state index in [0.29, 0.717) is 13.0 Å². The van der Waals surface area contributed by atoms with Crippen molar-refractivity contribution in [1.82, 2.24) is 9.97 Å². The van der Waals surface area contributed by atoms with E-state index in [9.17, 15) is 18.0 Å². The van der Waals surface area contributed by atoms with Crippen molar-refractivity contribution in [3.8, 4) is 5.88 Å². The average molecular weight is 496 g/mol. The number of aliphatic imine (C=N–C) groups is 1. The van der Waals surface area contributed by atoms with Crippen LogP contribution < -0.4 is 15.8 Å². The number of methoxy groups -OCH3 is 1. The van der Waals surface area contributed by atoms with Gasteiger partial charge in [-0.2, -0.15) is 0 Å². The summed E-state index contributed by atoms with van der Waals surface area (Å²) in [5, 5.41) is 2.79. The SMILES string of the molecule is COC[C@]12C[C@H]1[C@](C)(c1cc(NC(=O)c3cnc(OCCCF)cn3)cc(F)c1F)N=C(N)S2. The molecule has 4 rings (SSSR count). The van der Waals surface area contributed by atoms with Gasteiger partial charge in [-0.25, -0.2) is 18.7 Å². The third kappa shape index (κ3) is 4.56. The topological polar surface area (TPSA) is 112 Å². The Bertz CT molecular complexity index is 1120. The van der Waals surface area contributed by atoms with E-state index in [0.717, 1.165) is 6.07 Å². The number of benzene rings is 1. The molecule has 3 atom stereocenters. The lowest BCUT2D eigenvalue weighted by molar-refractivity contribution is 0.102. The second-order valence-electron chi connectivity index (χ2n) is 8.36. The zero-order valence-corrected chi connectivity index (χ0v) is 19.4. The number of carbonyl (C=O) groups excluding carboxylic acids is 1. The van der Waals surface area contributed by atoms with Crippen LogP contribution in [-0.4, -0.2) is 52.8 Å². The van der Waals surface area contributed by atoms with E-state index in [1.54, 1.807) is 14.0 Å². The number of amidine groups is 1. The van der Waals surface area contributed by atoms with E-state index >= 15 is 0 Å². The van der Waals surface area contributed by atoms with Gasteiger partial charge in [0.1, 0.15) is 5.69 Å². The molecule has 2 heterocycles. The van der Waals surface area contributed by atoms with Gasteiger partial charge in [-0.15, -0.1) is 0 Å². The summed E-state index contributed by atoms with van der Waals surface area (Å²) in [6, 6.07) is 2.25. The van der Waals surface area contributed by atoms with Gasteiger partial charge in [-0.1, -0.05) is 11.8 Å². The Morgan fingerprint density at radius 3 is 2.79 bits per heavy atom. The van der Waals surface area contributed by atoms with Crippen LogP contribution in [0, 0.1) is 17.6 Å². The van der Waals surface area contributed by atoms with Crippen LogP contribution in [0.5, 0.6) is 5.88 Å². The fourth-order valence-corrected chi connectivity index (χ4v) is 5.74. The summed E-state index contributed by atoms with van der Waals surface area (Å²) < 4.78 is 51.9. The minimum Gasteiger partial charge on any atom is -0.476 e. The maximum Gasteiger partial charge on any atom is 0.275 e. The second kappa shape index (κ2) is 9.41. The van der Waals surface area contributed by atoms with Crippen molar-refractivity contribution in [2.75, 3.05) is 32.3 Å². The van der Waals surface area contributed by atoms with Crippen molar-refractivity contribution in [3.05, 3.63) is 47.4 Å². The van der Waals surface area contributed by atoms with Crippen LogP contribution in [0.3, 0.4) is 0 Å². The molecule has 0 spiro atoms. The van der Waals surface area contributed by atoms with Gasteiger partial charge in [-0.05, 0) is 19.4 Å². The smallest absolute Gasteiger partial charge is 0.275 e. The first kappa shape index (κ1) is 24.3. The number of hydrogen-bond donors (Lipinski definition) is 2. The van der Waals surface area contributed by atoms with Gasteiger partial charge in [0.2, 0.25) is 5.88 Å². The largest absolute Gasteiger partial charge is 0.476 e. The maximum absolute atomic E-state index is 15.0. The Balaban J connectivity index is 1.57. The van der Waals surface area contributed by atoms with Crippen molar-refractivity contribution in [2.24, 2.45) is 16.6 Å². The highest BCUT2D eigenvalue weighted by Crippen LogP contribution is 2.66. The molecule has 0 bridgehead atoms. The maximum atomic E-state index is 15.0. The summed E-state index contributed by atoms with van der Waals surface area (Å²) >= 11 is 1.39. The van der Waals surface area contributed by atoms with Crippen molar-refractivity contribution in [3.63, 3.8) is 0 Å². The molecule has 2 aliphatic rings. The summed E-state index contributed by atoms with van der Waals surface area (Å²) in [4.78, 5) is 25.0. The summed E-state index contributed by atoms with van der Waals surface area (Å²) in [6.45, 7) is 1.72. The van der Waals surface area contributed by atoms with Crippen LogP contribution in [0.15, 0.2) is 29.5 Å². The molecule has 0 radical (unpaired) electrons. The number of ether oxygens (including phenoxy) is 2. The quantitative estimate of drug-likeness (QED) is 0.513. The lowest BCUT2D eigenvalue weighted by Crippen LogP contribution is -2.38. The summed E-state index contributed by atoms with van der Waals surface area (Å²) in [6.07, 6.45) is 3.29. The predicted molar refractivity (Wildman–Crippen MR) is 122 cm³/mol. The molecule has 2 aromatic rings. The number of rotatable bonds is 9. The molecule has 1 fully saturated rings. The number of nitrogens with one attached hydrogen (secondary N) is 1. The van der Waals surface area contributed by atoms with Crippen LogP contribution in [0.25, 0.3) is 0 Å². The minimum absolute atomic E-state index is 0.00303. The first-order valence-electron chi connectivity index (χ1n) is 10.6. The normalized spacial score (nSPS) is 25.3. The fourth-order valence-electron chi connectivity index (χ4n) is 4.29. The molecule has 8 nitrogen and oxygen atoms in total. The van der Waals surface area contributed by atoms with E-state index < -0.39 is 29.8 Å². The molecule has 12 heteroatoms. The molecule has 1 aliphatic carbocycles. The number of halogens is 3. The molecule has 0 saturated heterocycles. The van der Waals surface area contributed by atoms with Crippen LogP contribution >= 0.6 is 11.8 Å². The van der Waals surface area contributed by atoms with Crippen LogP contribution in [0.2, 0.25) is 0 Å². The number of aromatic nitrogens is 2. The van der Waals surface area contributed by atoms with Gasteiger partial charge in [-0.3, -0.25) is 14.2 Å². The van der Waals surface area contributed by atoms with E-state index in [1.165, 1.54) is 30.2 Å². The molecule has 1 aliphatic heterocycles. The molecule has 0 unspecified atom stereocenters. The van der Waals surface area contributed by atoms with Gasteiger partial charge in [0, 0.05) is 36.8 Å². The van der Waals surface area contributed by atoms with E-state index in [-0.39, 0.29) is 51.7 Å². The Labute approximate surface area is 198 Å². The van der Waals surface area contributed by atoms with Crippen molar-refractivity contribution >= 4 is 28.5 Å². The number of amides is 1. The molecule has 1 saturated carbocycles. The van der Waals surface area contributed by atoms with Gasteiger partial charge in [0.25, 0.3) is 5.91 Å². The van der Waals surface area contributed by atoms with E-state index in [1.807, 2.05) is 0 Å². The number of fused-ring (bicyclic) bond motifs is 1. The van der Waals surface area contributed by atoms with E-state index in [4.69, 9.17) is 15.2 Å². The minimum atomic E-state index is -1.13. The lowest BCUT2D eigenvalue weighted by atomic mass is 9.85. The number of anilines is 1. The second-order valence-corrected chi connectivity index (χ2v) is 9.79. The molecule has 1 aromatic heterocycles. The number of hydrogen-bond acceptors (Lipinski definition) is 8. The van der Waals surface area contributed by atoms with Crippen LogP contribution in [0.1, 0.15) is 35.8 Å². The molecule has 182 valence electrons. The third-order valence-corrected chi connectivity index (χ3v) is 7.24. The monoisotopic (exact) mass is 495 g/mol. The standard InChI is InChI=1S/C22H24F3N5O3S/c1-21(16-8-22(16,11-32-2)34-20(26)30-21)13-6-12(7-14(24)18(13)25)29-19(31)15-9-28-17(10-27-15)33-5-3-4-23/h6-7,9-10,16H,3-5,8,11H2,1-2H3,(H2,26,30)(H,29,31)/t16-,21-,22+/m0/s1. The van der Waals surface area contributed by atoms with Crippen LogP contribution in [0.4, 0.5) is 18.9 Å². The Morgan fingerprint density at radius 2 is 2.12 bits per heavy atom. The number of carbonyl (C=O) groups is 1. The molecule has 34 heavy (non-hydrogen) atoms. The predicted octanol–water partition coefficient (Wildman–Crippen LogP) is 3.43. The van der Waals surface area contributed by atoms with E-state index in [2.05, 4.69) is 20.3 Å². The van der Waals surface area contributed by atoms with Crippen LogP contribution in [-0.2, 0) is 10.3 Å². The highest BCUT2D eigenvalue weighted by molar-refractivity contribution is 8.15. The first-order chi connectivity index (χ1) is 16.2. The van der Waals surface area contributed by atoms with Gasteiger partial charge in [0.05, 0.1) is 42.6 Å². The number of alkyl halides is 1. The highest BCUT2D eigenvalue weighted by atomic mass is 32.2. The highest BCUT2D eigenvalue weighted by Gasteiger charge is 2.66. The summed E-state index contributed by atoms with van der Waals surface area (Å²) in [5.41, 5.74) is 4.89. The van der Waals surface area contributed by atoms with Crippen molar-refractivity contribution < 1.29 is 27.4 Å². The Morgan fingerprint density at radius 1 is 1.32 bits per heavy atom. The number of nitrogens with zero attached hydrogens (tertiary/aromatic N) is 3. The Kier molecular flexibility index (Phi) is 6.72. The van der Waals surface area contributed by atoms with Gasteiger partial charge < -0.3 is 20.5 Å². The number of thioether (sulfide) groups is 1. The molecule has 1 amide bonds. The molecule has 3 N–H and O–H groups in total.